The molecule has 1 aliphatic rings. The van der Waals surface area contributed by atoms with Crippen LogP contribution in [0.1, 0.15) is 32.1 Å². The van der Waals surface area contributed by atoms with Crippen LogP contribution in [0.15, 0.2) is 12.2 Å². The van der Waals surface area contributed by atoms with E-state index < -0.39 is 18.1 Å². The summed E-state index contributed by atoms with van der Waals surface area (Å²) in [6.07, 6.45) is 5.55. The van der Waals surface area contributed by atoms with Crippen LogP contribution in [0.25, 0.3) is 0 Å². The Kier molecular flexibility index (Phi) is 7.16. The van der Waals surface area contributed by atoms with Crippen molar-refractivity contribution in [1.82, 2.24) is 0 Å². The first-order chi connectivity index (χ1) is 9.58. The number of carbonyl (C=O) groups excluding carboxylic acids is 2. The van der Waals surface area contributed by atoms with Crippen LogP contribution in [0.3, 0.4) is 0 Å². The quantitative estimate of drug-likeness (QED) is 0.450. The zero-order valence-corrected chi connectivity index (χ0v) is 11.1. The van der Waals surface area contributed by atoms with Gasteiger partial charge in [-0.2, -0.15) is 0 Å². The maximum absolute atomic E-state index is 11.3. The Labute approximate surface area is 116 Å². The summed E-state index contributed by atoms with van der Waals surface area (Å²) in [6, 6.07) is 0. The van der Waals surface area contributed by atoms with Crippen molar-refractivity contribution in [2.24, 2.45) is 0 Å². The molecule has 1 saturated carbocycles. The van der Waals surface area contributed by atoms with Gasteiger partial charge in [0.1, 0.15) is 19.3 Å². The number of esters is 1. The lowest BCUT2D eigenvalue weighted by molar-refractivity contribution is -0.139. The molecule has 112 valence electrons. The zero-order valence-electron chi connectivity index (χ0n) is 11.1. The van der Waals surface area contributed by atoms with Gasteiger partial charge >= 0.3 is 18.1 Å². The summed E-state index contributed by atoms with van der Waals surface area (Å²) >= 11 is 0. The van der Waals surface area contributed by atoms with E-state index in [1.54, 1.807) is 0 Å². The third kappa shape index (κ3) is 7.40. The highest BCUT2D eigenvalue weighted by molar-refractivity contribution is 5.90. The van der Waals surface area contributed by atoms with E-state index >= 15 is 0 Å². The molecule has 0 aromatic carbocycles. The van der Waals surface area contributed by atoms with Gasteiger partial charge in [-0.05, 0) is 25.7 Å². The molecule has 1 aliphatic carbocycles. The van der Waals surface area contributed by atoms with E-state index in [4.69, 9.17) is 14.6 Å². The van der Waals surface area contributed by atoms with Gasteiger partial charge in [0.2, 0.25) is 0 Å². The van der Waals surface area contributed by atoms with Crippen molar-refractivity contribution in [3.8, 4) is 0 Å². The summed E-state index contributed by atoms with van der Waals surface area (Å²) in [4.78, 5) is 32.4. The predicted molar refractivity (Wildman–Crippen MR) is 67.0 cm³/mol. The lowest BCUT2D eigenvalue weighted by atomic mass is 9.98. The maximum Gasteiger partial charge on any atom is 0.508 e. The molecule has 0 heterocycles. The molecule has 0 bridgehead atoms. The second-order valence-electron chi connectivity index (χ2n) is 4.32. The minimum Gasteiger partial charge on any atom is -0.478 e. The van der Waals surface area contributed by atoms with Crippen LogP contribution in [0.4, 0.5) is 4.79 Å². The first kappa shape index (κ1) is 16.0. The molecule has 0 saturated heterocycles. The largest absolute Gasteiger partial charge is 0.508 e. The SMILES string of the molecule is O=C(O)/C=C/C(=O)OCCOC(=O)OC1CCCCC1. The minimum atomic E-state index is -1.24. The maximum atomic E-state index is 11.3. The number of carbonyl (C=O) groups is 3. The first-order valence-corrected chi connectivity index (χ1v) is 6.49. The van der Waals surface area contributed by atoms with E-state index in [0.717, 1.165) is 38.2 Å². The summed E-state index contributed by atoms with van der Waals surface area (Å²) < 4.78 is 14.4. The van der Waals surface area contributed by atoms with Gasteiger partial charge in [-0.15, -0.1) is 0 Å². The fourth-order valence-corrected chi connectivity index (χ4v) is 1.81. The van der Waals surface area contributed by atoms with Gasteiger partial charge in [0.25, 0.3) is 0 Å². The molecule has 1 N–H and O–H groups in total. The monoisotopic (exact) mass is 286 g/mol. The van der Waals surface area contributed by atoms with Crippen LogP contribution in [0.2, 0.25) is 0 Å². The number of carboxylic acid groups (broad SMARTS) is 1. The molecule has 1 rings (SSSR count). The molecule has 0 amide bonds. The van der Waals surface area contributed by atoms with E-state index in [9.17, 15) is 14.4 Å². The minimum absolute atomic E-state index is 0.0858. The lowest BCUT2D eigenvalue weighted by Gasteiger charge is -2.21. The molecule has 0 radical (unpaired) electrons. The Hall–Kier alpha value is -2.05. The molecular formula is C13H18O7. The summed E-state index contributed by atoms with van der Waals surface area (Å²) in [7, 11) is 0. The molecule has 0 unspecified atom stereocenters. The van der Waals surface area contributed by atoms with E-state index in [2.05, 4.69) is 4.74 Å². The van der Waals surface area contributed by atoms with Gasteiger partial charge in [-0.25, -0.2) is 14.4 Å². The molecule has 20 heavy (non-hydrogen) atoms. The molecule has 0 aromatic rings. The van der Waals surface area contributed by atoms with E-state index in [1.165, 1.54) is 0 Å². The molecular weight excluding hydrogens is 268 g/mol. The Bertz CT molecular complexity index is 369. The van der Waals surface area contributed by atoms with Crippen molar-refractivity contribution < 1.29 is 33.7 Å². The van der Waals surface area contributed by atoms with Crippen molar-refractivity contribution in [1.29, 1.82) is 0 Å². The molecule has 0 aliphatic heterocycles. The Balaban J connectivity index is 2.06. The first-order valence-electron chi connectivity index (χ1n) is 6.49. The highest BCUT2D eigenvalue weighted by atomic mass is 16.7. The van der Waals surface area contributed by atoms with Gasteiger partial charge in [-0.3, -0.25) is 0 Å². The van der Waals surface area contributed by atoms with Gasteiger partial charge in [-0.1, -0.05) is 6.42 Å². The van der Waals surface area contributed by atoms with Crippen molar-refractivity contribution >= 4 is 18.1 Å². The third-order valence-electron chi connectivity index (χ3n) is 2.72. The van der Waals surface area contributed by atoms with Crippen molar-refractivity contribution in [2.75, 3.05) is 13.2 Å². The van der Waals surface area contributed by atoms with Gasteiger partial charge in [0.15, 0.2) is 0 Å². The Morgan fingerprint density at radius 1 is 1.00 bits per heavy atom. The summed E-state index contributed by atoms with van der Waals surface area (Å²) in [5.41, 5.74) is 0. The number of hydrogen-bond acceptors (Lipinski definition) is 6. The normalized spacial score (nSPS) is 15.8. The summed E-state index contributed by atoms with van der Waals surface area (Å²) in [5, 5.41) is 8.28. The fraction of sp³-hybridized carbons (Fsp3) is 0.615. The third-order valence-corrected chi connectivity index (χ3v) is 2.72. The van der Waals surface area contributed by atoms with Crippen LogP contribution >= 0.6 is 0 Å². The average molecular weight is 286 g/mol. The second-order valence-corrected chi connectivity index (χ2v) is 4.32. The summed E-state index contributed by atoms with van der Waals surface area (Å²) in [5.74, 6) is -2.05. The Morgan fingerprint density at radius 2 is 1.65 bits per heavy atom. The smallest absolute Gasteiger partial charge is 0.478 e. The van der Waals surface area contributed by atoms with Crippen molar-refractivity contribution in [3.05, 3.63) is 12.2 Å². The van der Waals surface area contributed by atoms with Gasteiger partial charge < -0.3 is 19.3 Å². The lowest BCUT2D eigenvalue weighted by Crippen LogP contribution is -2.22. The highest BCUT2D eigenvalue weighted by Crippen LogP contribution is 2.20. The number of rotatable bonds is 6. The van der Waals surface area contributed by atoms with Gasteiger partial charge in [0.05, 0.1) is 0 Å². The van der Waals surface area contributed by atoms with Crippen LogP contribution in [0, 0.1) is 0 Å². The van der Waals surface area contributed by atoms with E-state index in [-0.39, 0.29) is 19.3 Å². The predicted octanol–water partition coefficient (Wildman–Crippen LogP) is 1.66. The highest BCUT2D eigenvalue weighted by Gasteiger charge is 2.18. The van der Waals surface area contributed by atoms with Crippen molar-refractivity contribution in [3.63, 3.8) is 0 Å². The fourth-order valence-electron chi connectivity index (χ4n) is 1.81. The van der Waals surface area contributed by atoms with Crippen LogP contribution in [-0.2, 0) is 23.8 Å². The van der Waals surface area contributed by atoms with E-state index in [0.29, 0.717) is 6.08 Å². The summed E-state index contributed by atoms with van der Waals surface area (Å²) in [6.45, 7) is -0.277. The van der Waals surface area contributed by atoms with Crippen LogP contribution in [-0.4, -0.2) is 42.5 Å². The molecule has 0 spiro atoms. The number of hydrogen-bond donors (Lipinski definition) is 1. The number of ether oxygens (including phenoxy) is 3. The molecule has 1 fully saturated rings. The van der Waals surface area contributed by atoms with E-state index in [1.807, 2.05) is 0 Å². The van der Waals surface area contributed by atoms with Crippen LogP contribution in [0.5, 0.6) is 0 Å². The standard InChI is InChI=1S/C13H18O7/c14-11(15)6-7-12(16)18-8-9-19-13(17)20-10-4-2-1-3-5-10/h6-7,10H,1-5,8-9H2,(H,14,15)/b7-6+. The number of carboxylic acids is 1. The van der Waals surface area contributed by atoms with Gasteiger partial charge in [0, 0.05) is 12.2 Å². The second kappa shape index (κ2) is 8.95. The topological polar surface area (TPSA) is 99.1 Å². The average Bonchev–Trinajstić information content (AvgIpc) is 2.42. The zero-order chi connectivity index (χ0) is 14.8. The Morgan fingerprint density at radius 3 is 2.30 bits per heavy atom. The molecule has 7 nitrogen and oxygen atoms in total. The molecule has 7 heteroatoms. The molecule has 0 aromatic heterocycles. The van der Waals surface area contributed by atoms with Crippen LogP contribution < -0.4 is 0 Å². The molecule has 0 atom stereocenters. The number of aliphatic carboxylic acids is 1. The van der Waals surface area contributed by atoms with Crippen molar-refractivity contribution in [2.45, 2.75) is 38.2 Å².